The second-order valence-electron chi connectivity index (χ2n) is 8.50. The standard InChI is InChI=1S/C23H18ClNO7S/c24-15-4-3-14(33-15)10-1-2-12(26)17-11(10)6-8-5-9-7-13(27)18(22(25)31)21(30)23(9,32)20(29)16(8)19(17)28/h1-4,8-9,26,28,30,32H,5-7H2,(H2,25,31). The Labute approximate surface area is 196 Å². The number of Topliss-reactive ketones (excluding diaryl/α,β-unsaturated/α-hetero) is 2. The van der Waals surface area contributed by atoms with Crippen LogP contribution in [0.5, 0.6) is 5.75 Å². The zero-order chi connectivity index (χ0) is 23.8. The van der Waals surface area contributed by atoms with Crippen molar-refractivity contribution in [1.82, 2.24) is 0 Å². The zero-order valence-corrected chi connectivity index (χ0v) is 18.5. The number of phenols is 1. The Balaban J connectivity index is 1.71. The van der Waals surface area contributed by atoms with Crippen molar-refractivity contribution in [2.24, 2.45) is 17.6 Å². The van der Waals surface area contributed by atoms with Crippen LogP contribution in [0.3, 0.4) is 0 Å². The lowest BCUT2D eigenvalue weighted by atomic mass is 9.59. The summed E-state index contributed by atoms with van der Waals surface area (Å²) in [6.07, 6.45) is -0.0216. The molecule has 0 aliphatic heterocycles. The lowest BCUT2D eigenvalue weighted by molar-refractivity contribution is -0.147. The van der Waals surface area contributed by atoms with Gasteiger partial charge in [-0.2, -0.15) is 0 Å². The molecule has 0 spiro atoms. The van der Waals surface area contributed by atoms with Crippen LogP contribution in [0.15, 0.2) is 41.2 Å². The molecule has 3 aliphatic rings. The van der Waals surface area contributed by atoms with E-state index in [1.165, 1.54) is 17.4 Å². The number of aliphatic hydroxyl groups excluding tert-OH is 2. The fraction of sp³-hybridized carbons (Fsp3) is 0.261. The number of aromatic hydroxyl groups is 1. The molecule has 0 saturated heterocycles. The van der Waals surface area contributed by atoms with Gasteiger partial charge in [-0.15, -0.1) is 11.3 Å². The summed E-state index contributed by atoms with van der Waals surface area (Å²) in [5, 5.41) is 43.4. The van der Waals surface area contributed by atoms with E-state index in [-0.39, 0.29) is 36.1 Å². The molecule has 8 nitrogen and oxygen atoms in total. The van der Waals surface area contributed by atoms with Crippen LogP contribution in [0, 0.1) is 11.8 Å². The minimum atomic E-state index is -2.57. The van der Waals surface area contributed by atoms with Crippen molar-refractivity contribution in [2.45, 2.75) is 24.9 Å². The topological polar surface area (TPSA) is 158 Å². The maximum absolute atomic E-state index is 13.5. The Hall–Kier alpha value is -3.14. The van der Waals surface area contributed by atoms with E-state index in [0.717, 1.165) is 10.4 Å². The molecule has 1 aromatic carbocycles. The van der Waals surface area contributed by atoms with E-state index in [2.05, 4.69) is 0 Å². The maximum Gasteiger partial charge on any atom is 0.255 e. The first-order valence-corrected chi connectivity index (χ1v) is 11.3. The quantitative estimate of drug-likeness (QED) is 0.407. The molecular formula is C23H18ClNO7S. The normalized spacial score (nSPS) is 26.7. The maximum atomic E-state index is 13.5. The SMILES string of the molecule is NC(=O)C1=C(O)C2(O)C(=O)C3=C(O)c4c(O)ccc(-c5ccc(Cl)s5)c4CC3CC2CC1=O. The number of thiophene rings is 1. The van der Waals surface area contributed by atoms with Gasteiger partial charge < -0.3 is 26.2 Å². The molecule has 1 heterocycles. The second kappa shape index (κ2) is 7.18. The molecule has 33 heavy (non-hydrogen) atoms. The fourth-order valence-corrected chi connectivity index (χ4v) is 6.41. The number of rotatable bonds is 2. The van der Waals surface area contributed by atoms with E-state index in [1.807, 2.05) is 6.07 Å². The molecule has 6 N–H and O–H groups in total. The molecule has 0 radical (unpaired) electrons. The third kappa shape index (κ3) is 2.89. The number of primary amides is 1. The van der Waals surface area contributed by atoms with E-state index >= 15 is 0 Å². The molecule has 3 atom stereocenters. The molecular weight excluding hydrogens is 470 g/mol. The third-order valence-corrected chi connectivity index (χ3v) is 8.05. The molecule has 1 aromatic heterocycles. The van der Waals surface area contributed by atoms with Crippen LogP contribution in [-0.2, 0) is 20.8 Å². The van der Waals surface area contributed by atoms with Gasteiger partial charge in [-0.3, -0.25) is 14.4 Å². The van der Waals surface area contributed by atoms with Crippen molar-refractivity contribution in [3.05, 3.63) is 56.6 Å². The number of phenolic OH excluding ortho intramolecular Hbond substituents is 1. The third-order valence-electron chi connectivity index (χ3n) is 6.79. The Morgan fingerprint density at radius 2 is 1.85 bits per heavy atom. The lowest BCUT2D eigenvalue weighted by Crippen LogP contribution is -2.58. The highest BCUT2D eigenvalue weighted by molar-refractivity contribution is 7.19. The highest BCUT2D eigenvalue weighted by Crippen LogP contribution is 2.53. The molecule has 2 aromatic rings. The number of nitrogens with two attached hydrogens (primary N) is 1. The summed E-state index contributed by atoms with van der Waals surface area (Å²) in [6, 6.07) is 6.64. The molecule has 5 rings (SSSR count). The number of hydrogen-bond donors (Lipinski definition) is 5. The van der Waals surface area contributed by atoms with E-state index < -0.39 is 52.0 Å². The summed E-state index contributed by atoms with van der Waals surface area (Å²) in [7, 11) is 0. The summed E-state index contributed by atoms with van der Waals surface area (Å²) >= 11 is 7.40. The fourth-order valence-electron chi connectivity index (χ4n) is 5.31. The van der Waals surface area contributed by atoms with E-state index in [9.17, 15) is 34.8 Å². The Bertz CT molecular complexity index is 1340. The predicted octanol–water partition coefficient (Wildman–Crippen LogP) is 2.81. The van der Waals surface area contributed by atoms with Crippen LogP contribution in [0.25, 0.3) is 16.2 Å². The largest absolute Gasteiger partial charge is 0.508 e. The zero-order valence-electron chi connectivity index (χ0n) is 17.0. The second-order valence-corrected chi connectivity index (χ2v) is 10.2. The lowest BCUT2D eigenvalue weighted by Gasteiger charge is -2.46. The minimum Gasteiger partial charge on any atom is -0.508 e. The number of benzene rings is 1. The number of ketones is 2. The van der Waals surface area contributed by atoms with Crippen molar-refractivity contribution in [3.8, 4) is 16.2 Å². The number of fused-ring (bicyclic) bond motifs is 3. The summed E-state index contributed by atoms with van der Waals surface area (Å²) in [6.45, 7) is 0. The molecule has 3 aliphatic carbocycles. The number of carbonyl (C=O) groups is 3. The van der Waals surface area contributed by atoms with Gasteiger partial charge in [-0.05, 0) is 54.2 Å². The van der Waals surface area contributed by atoms with E-state index in [4.69, 9.17) is 17.3 Å². The van der Waals surface area contributed by atoms with Gasteiger partial charge in [-0.1, -0.05) is 11.6 Å². The van der Waals surface area contributed by atoms with Gasteiger partial charge in [0.25, 0.3) is 5.91 Å². The first-order valence-electron chi connectivity index (χ1n) is 10.1. The number of amides is 1. The predicted molar refractivity (Wildman–Crippen MR) is 120 cm³/mol. The van der Waals surface area contributed by atoms with Gasteiger partial charge in [-0.25, -0.2) is 0 Å². The van der Waals surface area contributed by atoms with Crippen LogP contribution < -0.4 is 5.73 Å². The highest BCUT2D eigenvalue weighted by atomic mass is 35.5. The van der Waals surface area contributed by atoms with Crippen LogP contribution in [0.2, 0.25) is 4.34 Å². The number of aliphatic hydroxyl groups is 3. The van der Waals surface area contributed by atoms with Crippen molar-refractivity contribution in [3.63, 3.8) is 0 Å². The van der Waals surface area contributed by atoms with E-state index in [1.54, 1.807) is 12.1 Å². The van der Waals surface area contributed by atoms with Gasteiger partial charge in [0.1, 0.15) is 22.8 Å². The Morgan fingerprint density at radius 1 is 1.12 bits per heavy atom. The van der Waals surface area contributed by atoms with Crippen molar-refractivity contribution >= 4 is 46.2 Å². The number of halogens is 1. The minimum absolute atomic E-state index is 0.0594. The Morgan fingerprint density at radius 3 is 2.48 bits per heavy atom. The van der Waals surface area contributed by atoms with Crippen LogP contribution in [0.1, 0.15) is 24.0 Å². The summed E-state index contributed by atoms with van der Waals surface area (Å²) in [5.41, 5.74) is 3.05. The number of hydrogen-bond acceptors (Lipinski definition) is 8. The average Bonchev–Trinajstić information content (AvgIpc) is 3.16. The average molecular weight is 488 g/mol. The van der Waals surface area contributed by atoms with Crippen molar-refractivity contribution < 1.29 is 34.8 Å². The van der Waals surface area contributed by atoms with Gasteiger partial charge in [0.05, 0.1) is 9.90 Å². The first-order chi connectivity index (χ1) is 15.6. The van der Waals surface area contributed by atoms with Crippen LogP contribution >= 0.6 is 22.9 Å². The summed E-state index contributed by atoms with van der Waals surface area (Å²) < 4.78 is 0.564. The molecule has 3 unspecified atom stereocenters. The van der Waals surface area contributed by atoms with E-state index in [0.29, 0.717) is 9.90 Å². The monoisotopic (exact) mass is 487 g/mol. The molecule has 1 fully saturated rings. The first kappa shape index (κ1) is 21.7. The van der Waals surface area contributed by atoms with Gasteiger partial charge in [0, 0.05) is 22.8 Å². The molecule has 1 saturated carbocycles. The Kier molecular flexibility index (Phi) is 4.72. The summed E-state index contributed by atoms with van der Waals surface area (Å²) in [4.78, 5) is 38.4. The summed E-state index contributed by atoms with van der Waals surface area (Å²) in [5.74, 6) is -6.44. The van der Waals surface area contributed by atoms with Gasteiger partial charge >= 0.3 is 0 Å². The highest BCUT2D eigenvalue weighted by Gasteiger charge is 2.60. The smallest absolute Gasteiger partial charge is 0.255 e. The molecule has 1 amide bonds. The molecule has 0 bridgehead atoms. The van der Waals surface area contributed by atoms with Gasteiger partial charge in [0.2, 0.25) is 5.78 Å². The van der Waals surface area contributed by atoms with Crippen LogP contribution in [-0.4, -0.2) is 43.5 Å². The molecule has 10 heteroatoms. The van der Waals surface area contributed by atoms with Crippen molar-refractivity contribution in [2.75, 3.05) is 0 Å². The van der Waals surface area contributed by atoms with Crippen molar-refractivity contribution in [1.29, 1.82) is 0 Å². The molecule has 170 valence electrons. The number of carbonyl (C=O) groups excluding carboxylic acids is 3. The van der Waals surface area contributed by atoms with Crippen LogP contribution in [0.4, 0.5) is 0 Å². The van der Waals surface area contributed by atoms with Gasteiger partial charge in [0.15, 0.2) is 11.4 Å².